The summed E-state index contributed by atoms with van der Waals surface area (Å²) >= 11 is 7.08. The van der Waals surface area contributed by atoms with E-state index >= 15 is 0 Å². The Balaban J connectivity index is 2.27. The molecule has 15 heavy (non-hydrogen) atoms. The second kappa shape index (κ2) is 4.88. The van der Waals surface area contributed by atoms with Crippen molar-refractivity contribution in [1.82, 2.24) is 0 Å². The van der Waals surface area contributed by atoms with E-state index in [0.29, 0.717) is 0 Å². The molecular weight excluding hydrogens is 318 g/mol. The maximum absolute atomic E-state index is 3.56. The van der Waals surface area contributed by atoms with Gasteiger partial charge in [0.2, 0.25) is 0 Å². The van der Waals surface area contributed by atoms with Crippen LogP contribution in [0.25, 0.3) is 0 Å². The van der Waals surface area contributed by atoms with Crippen molar-refractivity contribution < 1.29 is 0 Å². The van der Waals surface area contributed by atoms with E-state index in [0.717, 1.165) is 15.7 Å². The molecule has 1 nitrogen and oxygen atoms in total. The number of alkyl halides is 1. The van der Waals surface area contributed by atoms with Crippen molar-refractivity contribution in [3.05, 3.63) is 28.2 Å². The van der Waals surface area contributed by atoms with E-state index in [1.807, 2.05) is 0 Å². The summed E-state index contributed by atoms with van der Waals surface area (Å²) in [4.78, 5) is 2.49. The zero-order chi connectivity index (χ0) is 10.8. The summed E-state index contributed by atoms with van der Waals surface area (Å²) in [5, 5.41) is 0.923. The molecule has 1 unspecified atom stereocenters. The standard InChI is InChI=1S/C12H15Br2N/c1-9-4-5-15(8-9)12-3-2-11(14)6-10(12)7-13/h2-3,6,9H,4-5,7-8H2,1H3. The van der Waals surface area contributed by atoms with Crippen molar-refractivity contribution in [3.8, 4) is 0 Å². The fourth-order valence-electron chi connectivity index (χ4n) is 2.12. The first-order chi connectivity index (χ1) is 7.20. The molecular formula is C12H15Br2N. The number of rotatable bonds is 2. The van der Waals surface area contributed by atoms with Gasteiger partial charge < -0.3 is 4.90 Å². The largest absolute Gasteiger partial charge is 0.371 e. The van der Waals surface area contributed by atoms with Gasteiger partial charge in [0, 0.05) is 28.6 Å². The molecule has 1 saturated heterocycles. The number of anilines is 1. The van der Waals surface area contributed by atoms with Crippen LogP contribution >= 0.6 is 31.9 Å². The number of halogens is 2. The summed E-state index contributed by atoms with van der Waals surface area (Å²) in [6.07, 6.45) is 1.32. The Labute approximate surface area is 108 Å². The topological polar surface area (TPSA) is 3.24 Å². The van der Waals surface area contributed by atoms with E-state index in [-0.39, 0.29) is 0 Å². The Morgan fingerprint density at radius 3 is 2.87 bits per heavy atom. The minimum atomic E-state index is 0.830. The van der Waals surface area contributed by atoms with Crippen molar-refractivity contribution in [2.45, 2.75) is 18.7 Å². The first-order valence-electron chi connectivity index (χ1n) is 5.30. The Hall–Kier alpha value is -0.0200. The van der Waals surface area contributed by atoms with Crippen molar-refractivity contribution in [2.24, 2.45) is 5.92 Å². The first-order valence-corrected chi connectivity index (χ1v) is 7.21. The average molecular weight is 333 g/mol. The van der Waals surface area contributed by atoms with Gasteiger partial charge in [-0.3, -0.25) is 0 Å². The quantitative estimate of drug-likeness (QED) is 0.734. The van der Waals surface area contributed by atoms with Crippen LogP contribution in [0.2, 0.25) is 0 Å². The summed E-state index contributed by atoms with van der Waals surface area (Å²) in [6, 6.07) is 6.55. The molecule has 0 bridgehead atoms. The normalized spacial score (nSPS) is 21.0. The Bertz CT molecular complexity index is 351. The van der Waals surface area contributed by atoms with Gasteiger partial charge in [0.15, 0.2) is 0 Å². The molecule has 1 atom stereocenters. The molecule has 1 heterocycles. The fourth-order valence-corrected chi connectivity index (χ4v) is 2.98. The molecule has 1 aliphatic rings. The molecule has 1 fully saturated rings. The lowest BCUT2D eigenvalue weighted by Gasteiger charge is -2.21. The van der Waals surface area contributed by atoms with Crippen LogP contribution in [0.3, 0.4) is 0 Å². The highest BCUT2D eigenvalue weighted by Gasteiger charge is 2.20. The molecule has 0 aliphatic carbocycles. The Morgan fingerprint density at radius 2 is 2.27 bits per heavy atom. The van der Waals surface area contributed by atoms with Crippen molar-refractivity contribution >= 4 is 37.5 Å². The molecule has 3 heteroatoms. The fraction of sp³-hybridized carbons (Fsp3) is 0.500. The lowest BCUT2D eigenvalue weighted by atomic mass is 10.1. The van der Waals surface area contributed by atoms with E-state index in [1.165, 1.54) is 30.8 Å². The summed E-state index contributed by atoms with van der Waals surface area (Å²) in [5.74, 6) is 0.830. The molecule has 0 amide bonds. The molecule has 0 N–H and O–H groups in total. The van der Waals surface area contributed by atoms with Crippen LogP contribution in [0, 0.1) is 5.92 Å². The van der Waals surface area contributed by atoms with Gasteiger partial charge in [-0.15, -0.1) is 0 Å². The highest BCUT2D eigenvalue weighted by Crippen LogP contribution is 2.30. The molecule has 0 radical (unpaired) electrons. The minimum Gasteiger partial charge on any atom is -0.371 e. The van der Waals surface area contributed by atoms with Crippen LogP contribution in [0.4, 0.5) is 5.69 Å². The Morgan fingerprint density at radius 1 is 1.47 bits per heavy atom. The van der Waals surface area contributed by atoms with Crippen LogP contribution in [0.1, 0.15) is 18.9 Å². The summed E-state index contributed by atoms with van der Waals surface area (Å²) in [7, 11) is 0. The second-order valence-corrected chi connectivity index (χ2v) is 5.72. The van der Waals surface area contributed by atoms with E-state index in [1.54, 1.807) is 0 Å². The SMILES string of the molecule is CC1CCN(c2ccc(Br)cc2CBr)C1. The van der Waals surface area contributed by atoms with Gasteiger partial charge in [-0.2, -0.15) is 0 Å². The van der Waals surface area contributed by atoms with Crippen LogP contribution in [0.5, 0.6) is 0 Å². The average Bonchev–Trinajstić information content (AvgIpc) is 2.64. The van der Waals surface area contributed by atoms with Crippen LogP contribution < -0.4 is 4.90 Å². The molecule has 0 spiro atoms. The molecule has 1 aliphatic heterocycles. The molecule has 0 aromatic heterocycles. The first kappa shape index (κ1) is 11.5. The monoisotopic (exact) mass is 331 g/mol. The van der Waals surface area contributed by atoms with Gasteiger partial charge >= 0.3 is 0 Å². The zero-order valence-electron chi connectivity index (χ0n) is 8.84. The second-order valence-electron chi connectivity index (χ2n) is 4.25. The van der Waals surface area contributed by atoms with Gasteiger partial charge in [0.05, 0.1) is 0 Å². The van der Waals surface area contributed by atoms with Crippen molar-refractivity contribution in [3.63, 3.8) is 0 Å². The van der Waals surface area contributed by atoms with Crippen LogP contribution in [-0.4, -0.2) is 13.1 Å². The highest BCUT2D eigenvalue weighted by molar-refractivity contribution is 9.10. The molecule has 0 saturated carbocycles. The molecule has 82 valence electrons. The minimum absolute atomic E-state index is 0.830. The predicted molar refractivity (Wildman–Crippen MR) is 72.8 cm³/mol. The van der Waals surface area contributed by atoms with E-state index in [4.69, 9.17) is 0 Å². The number of benzene rings is 1. The predicted octanol–water partition coefficient (Wildman–Crippen LogP) is 4.19. The van der Waals surface area contributed by atoms with Gasteiger partial charge in [-0.05, 0) is 36.1 Å². The van der Waals surface area contributed by atoms with Crippen molar-refractivity contribution in [1.29, 1.82) is 0 Å². The zero-order valence-corrected chi connectivity index (χ0v) is 12.0. The third-order valence-electron chi connectivity index (χ3n) is 2.95. The van der Waals surface area contributed by atoms with Crippen LogP contribution in [-0.2, 0) is 5.33 Å². The molecule has 2 rings (SSSR count). The van der Waals surface area contributed by atoms with Crippen LogP contribution in [0.15, 0.2) is 22.7 Å². The van der Waals surface area contributed by atoms with E-state index in [9.17, 15) is 0 Å². The third-order valence-corrected chi connectivity index (χ3v) is 4.05. The third kappa shape index (κ3) is 2.56. The lowest BCUT2D eigenvalue weighted by molar-refractivity contribution is 0.659. The highest BCUT2D eigenvalue weighted by atomic mass is 79.9. The maximum Gasteiger partial charge on any atom is 0.0408 e. The smallest absolute Gasteiger partial charge is 0.0408 e. The molecule has 1 aromatic rings. The van der Waals surface area contributed by atoms with Gasteiger partial charge in [-0.1, -0.05) is 38.8 Å². The summed E-state index contributed by atoms with van der Waals surface area (Å²) in [6.45, 7) is 4.72. The lowest BCUT2D eigenvalue weighted by Crippen LogP contribution is -2.20. The van der Waals surface area contributed by atoms with Gasteiger partial charge in [-0.25, -0.2) is 0 Å². The van der Waals surface area contributed by atoms with E-state index in [2.05, 4.69) is 61.9 Å². The number of hydrogen-bond acceptors (Lipinski definition) is 1. The number of nitrogens with zero attached hydrogens (tertiary/aromatic N) is 1. The van der Waals surface area contributed by atoms with Gasteiger partial charge in [0.1, 0.15) is 0 Å². The van der Waals surface area contributed by atoms with E-state index < -0.39 is 0 Å². The van der Waals surface area contributed by atoms with Crippen molar-refractivity contribution in [2.75, 3.05) is 18.0 Å². The molecule has 1 aromatic carbocycles. The van der Waals surface area contributed by atoms with Gasteiger partial charge in [0.25, 0.3) is 0 Å². The number of hydrogen-bond donors (Lipinski definition) is 0. The Kier molecular flexibility index (Phi) is 3.73. The summed E-state index contributed by atoms with van der Waals surface area (Å²) in [5.41, 5.74) is 2.76. The maximum atomic E-state index is 3.56. The summed E-state index contributed by atoms with van der Waals surface area (Å²) < 4.78 is 1.16.